The molecule has 0 aliphatic carbocycles. The molecular formula is C16H25N3S. The zero-order valence-electron chi connectivity index (χ0n) is 12.9. The number of thioether (sulfide) groups is 1. The van der Waals surface area contributed by atoms with Gasteiger partial charge in [-0.3, -0.25) is 4.99 Å². The van der Waals surface area contributed by atoms with Crippen molar-refractivity contribution >= 4 is 17.7 Å². The minimum atomic E-state index is 0.859. The number of aliphatic imine (C=N–C) groups is 1. The molecule has 0 fully saturated rings. The van der Waals surface area contributed by atoms with E-state index in [2.05, 4.69) is 64.9 Å². The van der Waals surface area contributed by atoms with E-state index in [0.717, 1.165) is 25.5 Å². The zero-order valence-corrected chi connectivity index (χ0v) is 13.7. The number of guanidine groups is 1. The predicted octanol–water partition coefficient (Wildman–Crippen LogP) is 3.38. The Labute approximate surface area is 127 Å². The third kappa shape index (κ3) is 5.70. The molecule has 0 heterocycles. The van der Waals surface area contributed by atoms with Crippen molar-refractivity contribution in [2.45, 2.75) is 24.8 Å². The van der Waals surface area contributed by atoms with Gasteiger partial charge in [0.15, 0.2) is 5.96 Å². The number of benzene rings is 1. The number of hydrogen-bond donors (Lipinski definition) is 1. The van der Waals surface area contributed by atoms with E-state index in [1.807, 2.05) is 14.0 Å². The van der Waals surface area contributed by atoms with E-state index in [9.17, 15) is 0 Å². The topological polar surface area (TPSA) is 27.6 Å². The largest absolute Gasteiger partial charge is 0.356 e. The van der Waals surface area contributed by atoms with Gasteiger partial charge in [-0.1, -0.05) is 24.3 Å². The average molecular weight is 291 g/mol. The van der Waals surface area contributed by atoms with Gasteiger partial charge in [-0.25, -0.2) is 0 Å². The fourth-order valence-electron chi connectivity index (χ4n) is 1.90. The molecule has 0 atom stereocenters. The van der Waals surface area contributed by atoms with Crippen LogP contribution in [-0.2, 0) is 6.54 Å². The first-order valence-corrected chi connectivity index (χ1v) is 8.09. The van der Waals surface area contributed by atoms with Crippen LogP contribution >= 0.6 is 11.8 Å². The van der Waals surface area contributed by atoms with Crippen molar-refractivity contribution in [2.24, 2.45) is 4.99 Å². The molecular weight excluding hydrogens is 266 g/mol. The van der Waals surface area contributed by atoms with E-state index in [1.54, 1.807) is 11.8 Å². The maximum absolute atomic E-state index is 4.32. The Morgan fingerprint density at radius 3 is 2.60 bits per heavy atom. The second kappa shape index (κ2) is 9.48. The van der Waals surface area contributed by atoms with Crippen LogP contribution in [0.1, 0.15) is 18.9 Å². The fourth-order valence-corrected chi connectivity index (χ4v) is 2.31. The highest BCUT2D eigenvalue weighted by Crippen LogP contribution is 2.15. The van der Waals surface area contributed by atoms with Crippen LogP contribution < -0.4 is 5.32 Å². The molecule has 1 aromatic rings. The Morgan fingerprint density at radius 1 is 1.35 bits per heavy atom. The van der Waals surface area contributed by atoms with Crippen LogP contribution in [0.2, 0.25) is 0 Å². The second-order valence-corrected chi connectivity index (χ2v) is 5.42. The molecule has 0 saturated heterocycles. The Morgan fingerprint density at radius 2 is 2.05 bits per heavy atom. The molecule has 1 N–H and O–H groups in total. The van der Waals surface area contributed by atoms with Gasteiger partial charge < -0.3 is 10.2 Å². The van der Waals surface area contributed by atoms with Crippen molar-refractivity contribution < 1.29 is 0 Å². The molecule has 0 saturated carbocycles. The van der Waals surface area contributed by atoms with Gasteiger partial charge in [0.05, 0.1) is 0 Å². The standard InChI is InChI=1S/C16H25N3S/c1-5-6-7-12-18-16(17-2)19(3)13-14-8-10-15(20-4)11-9-14/h5-6,8-11H,7,12-13H2,1-4H3,(H,17,18)/b6-5+. The van der Waals surface area contributed by atoms with Crippen LogP contribution in [0.15, 0.2) is 46.3 Å². The molecule has 0 aliphatic heterocycles. The third-order valence-corrected chi connectivity index (χ3v) is 3.73. The Kier molecular flexibility index (Phi) is 7.88. The lowest BCUT2D eigenvalue weighted by atomic mass is 10.2. The Balaban J connectivity index is 2.51. The summed E-state index contributed by atoms with van der Waals surface area (Å²) in [7, 11) is 3.89. The van der Waals surface area contributed by atoms with E-state index in [0.29, 0.717) is 0 Å². The number of hydrogen-bond acceptors (Lipinski definition) is 2. The molecule has 0 spiro atoms. The first-order valence-electron chi connectivity index (χ1n) is 6.87. The highest BCUT2D eigenvalue weighted by molar-refractivity contribution is 7.98. The van der Waals surface area contributed by atoms with Crippen molar-refractivity contribution in [3.63, 3.8) is 0 Å². The van der Waals surface area contributed by atoms with Gasteiger partial charge in [0, 0.05) is 32.1 Å². The van der Waals surface area contributed by atoms with Crippen molar-refractivity contribution in [2.75, 3.05) is 26.9 Å². The summed E-state index contributed by atoms with van der Waals surface area (Å²) in [6.45, 7) is 3.81. The fraction of sp³-hybridized carbons (Fsp3) is 0.438. The smallest absolute Gasteiger partial charge is 0.193 e. The molecule has 4 heteroatoms. The van der Waals surface area contributed by atoms with Gasteiger partial charge in [-0.2, -0.15) is 0 Å². The quantitative estimate of drug-likeness (QED) is 0.286. The predicted molar refractivity (Wildman–Crippen MR) is 90.5 cm³/mol. The summed E-state index contributed by atoms with van der Waals surface area (Å²) in [5.41, 5.74) is 1.29. The summed E-state index contributed by atoms with van der Waals surface area (Å²) < 4.78 is 0. The molecule has 110 valence electrons. The van der Waals surface area contributed by atoms with E-state index in [1.165, 1.54) is 10.5 Å². The molecule has 3 nitrogen and oxygen atoms in total. The summed E-state index contributed by atoms with van der Waals surface area (Å²) in [6.07, 6.45) is 7.34. The average Bonchev–Trinajstić information content (AvgIpc) is 2.48. The highest BCUT2D eigenvalue weighted by Gasteiger charge is 2.05. The van der Waals surface area contributed by atoms with Crippen LogP contribution in [-0.4, -0.2) is 37.8 Å². The minimum Gasteiger partial charge on any atom is -0.356 e. The van der Waals surface area contributed by atoms with E-state index in [-0.39, 0.29) is 0 Å². The first-order chi connectivity index (χ1) is 9.71. The van der Waals surface area contributed by atoms with E-state index >= 15 is 0 Å². The molecule has 0 aromatic heterocycles. The summed E-state index contributed by atoms with van der Waals surface area (Å²) in [5, 5.41) is 3.37. The normalized spacial score (nSPS) is 11.9. The van der Waals surface area contributed by atoms with Gasteiger partial charge in [0.25, 0.3) is 0 Å². The molecule has 0 amide bonds. The van der Waals surface area contributed by atoms with Crippen LogP contribution in [0.4, 0.5) is 0 Å². The summed E-state index contributed by atoms with van der Waals surface area (Å²) in [6, 6.07) is 8.68. The monoisotopic (exact) mass is 291 g/mol. The molecule has 1 aromatic carbocycles. The minimum absolute atomic E-state index is 0.859. The SMILES string of the molecule is C/C=C/CCNC(=NC)N(C)Cc1ccc(SC)cc1. The van der Waals surface area contributed by atoms with Gasteiger partial charge in [0.2, 0.25) is 0 Å². The molecule has 1 rings (SSSR count). The molecule has 0 aliphatic rings. The maximum Gasteiger partial charge on any atom is 0.193 e. The van der Waals surface area contributed by atoms with Crippen LogP contribution in [0.25, 0.3) is 0 Å². The van der Waals surface area contributed by atoms with Crippen molar-refractivity contribution in [3.8, 4) is 0 Å². The van der Waals surface area contributed by atoms with Gasteiger partial charge >= 0.3 is 0 Å². The van der Waals surface area contributed by atoms with E-state index in [4.69, 9.17) is 0 Å². The Hall–Kier alpha value is -1.42. The summed E-state index contributed by atoms with van der Waals surface area (Å²) in [4.78, 5) is 7.76. The van der Waals surface area contributed by atoms with Gasteiger partial charge in [0.1, 0.15) is 0 Å². The van der Waals surface area contributed by atoms with Crippen LogP contribution in [0, 0.1) is 0 Å². The van der Waals surface area contributed by atoms with Crippen molar-refractivity contribution in [1.29, 1.82) is 0 Å². The lowest BCUT2D eigenvalue weighted by molar-refractivity contribution is 0.477. The van der Waals surface area contributed by atoms with Crippen molar-refractivity contribution in [3.05, 3.63) is 42.0 Å². The maximum atomic E-state index is 4.32. The lowest BCUT2D eigenvalue weighted by Gasteiger charge is -2.22. The molecule has 20 heavy (non-hydrogen) atoms. The second-order valence-electron chi connectivity index (χ2n) is 4.54. The Bertz CT molecular complexity index is 438. The van der Waals surface area contributed by atoms with Crippen molar-refractivity contribution in [1.82, 2.24) is 10.2 Å². The molecule has 0 unspecified atom stereocenters. The van der Waals surface area contributed by atoms with Gasteiger partial charge in [-0.05, 0) is 37.3 Å². The lowest BCUT2D eigenvalue weighted by Crippen LogP contribution is -2.38. The van der Waals surface area contributed by atoms with Gasteiger partial charge in [-0.15, -0.1) is 11.8 Å². The zero-order chi connectivity index (χ0) is 14.8. The molecule has 0 bridgehead atoms. The number of rotatable bonds is 6. The van der Waals surface area contributed by atoms with Crippen LogP contribution in [0.5, 0.6) is 0 Å². The number of allylic oxidation sites excluding steroid dienone is 1. The highest BCUT2D eigenvalue weighted by atomic mass is 32.2. The van der Waals surface area contributed by atoms with E-state index < -0.39 is 0 Å². The first kappa shape index (κ1) is 16.6. The number of nitrogens with one attached hydrogen (secondary N) is 1. The summed E-state index contributed by atoms with van der Waals surface area (Å²) >= 11 is 1.77. The number of nitrogens with zero attached hydrogens (tertiary/aromatic N) is 2. The summed E-state index contributed by atoms with van der Waals surface area (Å²) in [5.74, 6) is 0.934. The third-order valence-electron chi connectivity index (χ3n) is 2.98. The van der Waals surface area contributed by atoms with Crippen LogP contribution in [0.3, 0.4) is 0 Å². The molecule has 0 radical (unpaired) electrons.